The van der Waals surface area contributed by atoms with Crippen LogP contribution in [0.5, 0.6) is 0 Å². The van der Waals surface area contributed by atoms with E-state index >= 15 is 0 Å². The number of ether oxygens (including phenoxy) is 1. The number of nitrogens with one attached hydrogen (secondary N) is 1. The fraction of sp³-hybridized carbons (Fsp3) is 0.588. The molecular formula is C17H24BrNO2. The van der Waals surface area contributed by atoms with Gasteiger partial charge in [-0.25, -0.2) is 4.79 Å². The first-order chi connectivity index (χ1) is 9.81. The Morgan fingerprint density at radius 2 is 1.81 bits per heavy atom. The van der Waals surface area contributed by atoms with Crippen LogP contribution in [0.15, 0.2) is 28.7 Å². The van der Waals surface area contributed by atoms with Crippen LogP contribution in [0.2, 0.25) is 0 Å². The van der Waals surface area contributed by atoms with Crippen molar-refractivity contribution in [2.75, 3.05) is 6.54 Å². The van der Waals surface area contributed by atoms with Crippen LogP contribution >= 0.6 is 15.9 Å². The molecular weight excluding hydrogens is 330 g/mol. The van der Waals surface area contributed by atoms with Gasteiger partial charge in [0, 0.05) is 16.4 Å². The molecule has 0 aromatic heterocycles. The first kappa shape index (κ1) is 16.3. The molecule has 116 valence electrons. The molecule has 1 N–H and O–H groups in total. The molecule has 1 fully saturated rings. The molecule has 0 saturated heterocycles. The minimum atomic E-state index is -0.454. The van der Waals surface area contributed by atoms with Crippen LogP contribution in [0.25, 0.3) is 0 Å². The van der Waals surface area contributed by atoms with Crippen LogP contribution < -0.4 is 5.32 Å². The number of hydrogen-bond acceptors (Lipinski definition) is 2. The van der Waals surface area contributed by atoms with Crippen molar-refractivity contribution in [2.24, 2.45) is 0 Å². The van der Waals surface area contributed by atoms with Crippen LogP contribution in [0.3, 0.4) is 0 Å². The van der Waals surface area contributed by atoms with Gasteiger partial charge in [0.2, 0.25) is 0 Å². The molecule has 4 heteroatoms. The lowest BCUT2D eigenvalue weighted by molar-refractivity contribution is 0.0514. The quantitative estimate of drug-likeness (QED) is 0.848. The summed E-state index contributed by atoms with van der Waals surface area (Å²) in [5.74, 6) is 0. The van der Waals surface area contributed by atoms with Gasteiger partial charge in [0.25, 0.3) is 0 Å². The molecule has 1 aliphatic carbocycles. The molecule has 0 aliphatic heterocycles. The van der Waals surface area contributed by atoms with Gasteiger partial charge < -0.3 is 10.1 Å². The Morgan fingerprint density at radius 1 is 1.24 bits per heavy atom. The average molecular weight is 354 g/mol. The Morgan fingerprint density at radius 3 is 2.33 bits per heavy atom. The number of carbonyl (C=O) groups is 1. The van der Waals surface area contributed by atoms with Gasteiger partial charge in [0.1, 0.15) is 5.60 Å². The van der Waals surface area contributed by atoms with Crippen molar-refractivity contribution in [3.8, 4) is 0 Å². The van der Waals surface area contributed by atoms with Crippen molar-refractivity contribution in [1.29, 1.82) is 0 Å². The summed E-state index contributed by atoms with van der Waals surface area (Å²) < 4.78 is 6.42. The molecule has 1 aromatic carbocycles. The summed E-state index contributed by atoms with van der Waals surface area (Å²) in [5, 5.41) is 2.96. The highest BCUT2D eigenvalue weighted by Gasteiger charge is 2.36. The molecule has 1 saturated carbocycles. The number of carbonyl (C=O) groups excluding carboxylic acids is 1. The lowest BCUT2D eigenvalue weighted by Gasteiger charge is -2.30. The van der Waals surface area contributed by atoms with Crippen LogP contribution in [0.1, 0.15) is 52.0 Å². The van der Waals surface area contributed by atoms with Gasteiger partial charge in [-0.2, -0.15) is 0 Å². The lowest BCUT2D eigenvalue weighted by Crippen LogP contribution is -2.41. The zero-order valence-electron chi connectivity index (χ0n) is 13.0. The van der Waals surface area contributed by atoms with Gasteiger partial charge in [-0.05, 0) is 51.3 Å². The summed E-state index contributed by atoms with van der Waals surface area (Å²) in [6.45, 7) is 6.29. The smallest absolute Gasteiger partial charge is 0.407 e. The minimum absolute atomic E-state index is 0.0532. The van der Waals surface area contributed by atoms with E-state index in [-0.39, 0.29) is 11.5 Å². The third-order valence-electron chi connectivity index (χ3n) is 3.99. The van der Waals surface area contributed by atoms with Crippen molar-refractivity contribution in [2.45, 2.75) is 57.5 Å². The van der Waals surface area contributed by atoms with E-state index in [1.54, 1.807) is 0 Å². The summed E-state index contributed by atoms with van der Waals surface area (Å²) in [5.41, 5.74) is 0.904. The van der Waals surface area contributed by atoms with Gasteiger partial charge in [-0.15, -0.1) is 0 Å². The molecule has 0 radical (unpaired) electrons. The highest BCUT2D eigenvalue weighted by atomic mass is 79.9. The number of halogens is 1. The molecule has 0 heterocycles. The minimum Gasteiger partial charge on any atom is -0.444 e. The summed E-state index contributed by atoms with van der Waals surface area (Å²) in [6, 6.07) is 8.46. The molecule has 0 unspecified atom stereocenters. The maximum atomic E-state index is 11.9. The molecule has 21 heavy (non-hydrogen) atoms. The molecule has 2 rings (SSSR count). The van der Waals surface area contributed by atoms with Crippen molar-refractivity contribution < 1.29 is 9.53 Å². The summed E-state index contributed by atoms with van der Waals surface area (Å²) in [6.07, 6.45) is 4.33. The second-order valence-electron chi connectivity index (χ2n) is 6.85. The topological polar surface area (TPSA) is 38.3 Å². The number of alkyl carbamates (subject to hydrolysis) is 1. The molecule has 1 aliphatic rings. The monoisotopic (exact) mass is 353 g/mol. The van der Waals surface area contributed by atoms with Crippen LogP contribution in [-0.2, 0) is 10.2 Å². The number of hydrogen-bond donors (Lipinski definition) is 1. The molecule has 1 amide bonds. The van der Waals surface area contributed by atoms with E-state index in [2.05, 4.69) is 45.5 Å². The molecule has 0 atom stereocenters. The van der Waals surface area contributed by atoms with Crippen molar-refractivity contribution >= 4 is 22.0 Å². The van der Waals surface area contributed by atoms with Crippen LogP contribution in [-0.4, -0.2) is 18.2 Å². The van der Waals surface area contributed by atoms with E-state index in [1.807, 2.05) is 20.8 Å². The standard InChI is InChI=1S/C17H24BrNO2/c1-16(2,3)21-15(20)19-12-17(10-4-5-11-17)13-6-8-14(18)9-7-13/h6-9H,4-5,10-12H2,1-3H3,(H,19,20). The fourth-order valence-electron chi connectivity index (χ4n) is 2.98. The summed E-state index contributed by atoms with van der Waals surface area (Å²) in [4.78, 5) is 11.9. The molecule has 0 bridgehead atoms. The summed E-state index contributed by atoms with van der Waals surface area (Å²) in [7, 11) is 0. The van der Waals surface area contributed by atoms with E-state index < -0.39 is 5.60 Å². The Balaban J connectivity index is 2.06. The second kappa shape index (κ2) is 6.39. The highest BCUT2D eigenvalue weighted by molar-refractivity contribution is 9.10. The normalized spacial score (nSPS) is 17.5. The maximum Gasteiger partial charge on any atom is 0.407 e. The van der Waals surface area contributed by atoms with Gasteiger partial charge in [-0.3, -0.25) is 0 Å². The Kier molecular flexibility index (Phi) is 4.97. The lowest BCUT2D eigenvalue weighted by atomic mass is 9.79. The first-order valence-corrected chi connectivity index (χ1v) is 8.33. The average Bonchev–Trinajstić information content (AvgIpc) is 2.85. The largest absolute Gasteiger partial charge is 0.444 e. The van der Waals surface area contributed by atoms with Gasteiger partial charge >= 0.3 is 6.09 Å². The first-order valence-electron chi connectivity index (χ1n) is 7.54. The molecule has 1 aromatic rings. The third-order valence-corrected chi connectivity index (χ3v) is 4.52. The predicted molar refractivity (Wildman–Crippen MR) is 88.5 cm³/mol. The van der Waals surface area contributed by atoms with E-state index in [9.17, 15) is 4.79 Å². The summed E-state index contributed by atoms with van der Waals surface area (Å²) >= 11 is 3.48. The molecule has 3 nitrogen and oxygen atoms in total. The highest BCUT2D eigenvalue weighted by Crippen LogP contribution is 2.41. The second-order valence-corrected chi connectivity index (χ2v) is 7.77. The van der Waals surface area contributed by atoms with E-state index in [1.165, 1.54) is 18.4 Å². The van der Waals surface area contributed by atoms with E-state index in [0.717, 1.165) is 17.3 Å². The van der Waals surface area contributed by atoms with Crippen LogP contribution in [0, 0.1) is 0 Å². The van der Waals surface area contributed by atoms with Crippen molar-refractivity contribution in [1.82, 2.24) is 5.32 Å². The predicted octanol–water partition coefficient (Wildman–Crippen LogP) is 4.79. The zero-order chi connectivity index (χ0) is 15.5. The Bertz CT molecular complexity index is 485. The molecule has 0 spiro atoms. The Hall–Kier alpha value is -1.03. The van der Waals surface area contributed by atoms with Gasteiger partial charge in [0.05, 0.1) is 0 Å². The van der Waals surface area contributed by atoms with Crippen molar-refractivity contribution in [3.05, 3.63) is 34.3 Å². The van der Waals surface area contributed by atoms with Gasteiger partial charge in [-0.1, -0.05) is 40.9 Å². The number of benzene rings is 1. The number of amides is 1. The Labute approximate surface area is 135 Å². The van der Waals surface area contributed by atoms with Crippen LogP contribution in [0.4, 0.5) is 4.79 Å². The third kappa shape index (κ3) is 4.47. The van der Waals surface area contributed by atoms with E-state index in [0.29, 0.717) is 6.54 Å². The SMILES string of the molecule is CC(C)(C)OC(=O)NCC1(c2ccc(Br)cc2)CCCC1. The zero-order valence-corrected chi connectivity index (χ0v) is 14.6. The fourth-order valence-corrected chi connectivity index (χ4v) is 3.24. The number of rotatable bonds is 3. The maximum absolute atomic E-state index is 11.9. The van der Waals surface area contributed by atoms with Gasteiger partial charge in [0.15, 0.2) is 0 Å². The van der Waals surface area contributed by atoms with Crippen molar-refractivity contribution in [3.63, 3.8) is 0 Å². The van der Waals surface area contributed by atoms with E-state index in [4.69, 9.17) is 4.74 Å².